The molecule has 1 aromatic carbocycles. The summed E-state index contributed by atoms with van der Waals surface area (Å²) >= 11 is 6.00. The van der Waals surface area contributed by atoms with Gasteiger partial charge < -0.3 is 19.5 Å². The molecule has 3 amide bonds. The van der Waals surface area contributed by atoms with Crippen LogP contribution in [-0.2, 0) is 9.53 Å². The number of hydrogen-bond acceptors (Lipinski definition) is 6. The van der Waals surface area contributed by atoms with Crippen molar-refractivity contribution in [1.29, 1.82) is 0 Å². The average Bonchev–Trinajstić information content (AvgIpc) is 2.53. The molecule has 0 aliphatic rings. The number of methoxy groups -OCH3 is 2. The molecule has 0 saturated heterocycles. The predicted molar refractivity (Wildman–Crippen MR) is 82.0 cm³/mol. The van der Waals surface area contributed by atoms with E-state index in [-0.39, 0.29) is 22.1 Å². The van der Waals surface area contributed by atoms with Gasteiger partial charge in [-0.05, 0) is 19.1 Å². The molecule has 1 atom stereocenters. The third-order valence-corrected chi connectivity index (χ3v) is 3.07. The first kappa shape index (κ1) is 18.6. The summed E-state index contributed by atoms with van der Waals surface area (Å²) in [6, 6.07) is 2.00. The smallest absolute Gasteiger partial charge is 0.339 e. The number of imide groups is 1. The fourth-order valence-corrected chi connectivity index (χ4v) is 1.88. The number of nitrogens with one attached hydrogen (secondary N) is 2. The third kappa shape index (κ3) is 4.75. The van der Waals surface area contributed by atoms with E-state index in [1.807, 2.05) is 5.32 Å². The van der Waals surface area contributed by atoms with Gasteiger partial charge in [-0.3, -0.25) is 10.1 Å². The van der Waals surface area contributed by atoms with Gasteiger partial charge in [0.15, 0.2) is 17.6 Å². The largest absolute Gasteiger partial charge is 0.493 e. The van der Waals surface area contributed by atoms with Crippen molar-refractivity contribution in [2.24, 2.45) is 0 Å². The second kappa shape index (κ2) is 8.23. The number of esters is 1. The summed E-state index contributed by atoms with van der Waals surface area (Å²) in [5.41, 5.74) is 0.0762. The van der Waals surface area contributed by atoms with Crippen LogP contribution in [-0.4, -0.2) is 45.3 Å². The Morgan fingerprint density at radius 3 is 2.35 bits per heavy atom. The summed E-state index contributed by atoms with van der Waals surface area (Å²) in [7, 11) is 4.15. The molecule has 23 heavy (non-hydrogen) atoms. The zero-order chi connectivity index (χ0) is 17.6. The van der Waals surface area contributed by atoms with Gasteiger partial charge in [-0.1, -0.05) is 11.6 Å². The van der Waals surface area contributed by atoms with Crippen LogP contribution in [0.15, 0.2) is 12.1 Å². The highest BCUT2D eigenvalue weighted by Crippen LogP contribution is 2.36. The molecule has 1 aromatic rings. The van der Waals surface area contributed by atoms with Crippen molar-refractivity contribution in [2.75, 3.05) is 21.3 Å². The summed E-state index contributed by atoms with van der Waals surface area (Å²) in [4.78, 5) is 34.8. The summed E-state index contributed by atoms with van der Waals surface area (Å²) in [5, 5.41) is 4.37. The van der Waals surface area contributed by atoms with Crippen LogP contribution in [0.4, 0.5) is 4.79 Å². The molecule has 8 nitrogen and oxygen atoms in total. The minimum atomic E-state index is -1.17. The Labute approximate surface area is 138 Å². The Balaban J connectivity index is 2.88. The first-order chi connectivity index (χ1) is 10.8. The van der Waals surface area contributed by atoms with Gasteiger partial charge in [0.05, 0.1) is 24.8 Å². The van der Waals surface area contributed by atoms with Crippen LogP contribution >= 0.6 is 11.6 Å². The normalized spacial score (nSPS) is 11.2. The molecular weight excluding hydrogens is 328 g/mol. The number of ether oxygens (including phenoxy) is 3. The first-order valence-corrected chi connectivity index (χ1v) is 6.86. The van der Waals surface area contributed by atoms with Crippen LogP contribution in [0.2, 0.25) is 5.02 Å². The Kier molecular flexibility index (Phi) is 6.65. The Bertz CT molecular complexity index is 620. The SMILES string of the molecule is CNC(=O)NC(=O)C(C)OC(=O)c1cc(Cl)c(OC)c(OC)c1. The second-order valence-electron chi connectivity index (χ2n) is 4.31. The van der Waals surface area contributed by atoms with Gasteiger partial charge in [0.1, 0.15) is 0 Å². The highest BCUT2D eigenvalue weighted by molar-refractivity contribution is 6.32. The predicted octanol–water partition coefficient (Wildman–Crippen LogP) is 1.36. The number of halogens is 1. The van der Waals surface area contributed by atoms with Gasteiger partial charge in [0.2, 0.25) is 0 Å². The highest BCUT2D eigenvalue weighted by atomic mass is 35.5. The minimum absolute atomic E-state index is 0.0762. The fraction of sp³-hybridized carbons (Fsp3) is 0.357. The molecule has 0 aromatic heterocycles. The van der Waals surface area contributed by atoms with Gasteiger partial charge in [-0.2, -0.15) is 0 Å². The zero-order valence-corrected chi connectivity index (χ0v) is 13.8. The molecule has 0 radical (unpaired) electrons. The van der Waals surface area contributed by atoms with Crippen LogP contribution in [0.25, 0.3) is 0 Å². The maximum atomic E-state index is 12.1. The minimum Gasteiger partial charge on any atom is -0.493 e. The third-order valence-electron chi connectivity index (χ3n) is 2.79. The number of hydrogen-bond donors (Lipinski definition) is 2. The van der Waals surface area contributed by atoms with Gasteiger partial charge in [-0.25, -0.2) is 9.59 Å². The van der Waals surface area contributed by atoms with Crippen LogP contribution in [0, 0.1) is 0 Å². The van der Waals surface area contributed by atoms with E-state index in [0.717, 1.165) is 0 Å². The van der Waals surface area contributed by atoms with Crippen molar-refractivity contribution >= 4 is 29.5 Å². The molecular formula is C14H17ClN2O6. The molecule has 9 heteroatoms. The van der Waals surface area contributed by atoms with E-state index in [2.05, 4.69) is 5.32 Å². The lowest BCUT2D eigenvalue weighted by molar-refractivity contribution is -0.127. The van der Waals surface area contributed by atoms with E-state index in [1.54, 1.807) is 0 Å². The van der Waals surface area contributed by atoms with Crippen molar-refractivity contribution in [3.05, 3.63) is 22.7 Å². The molecule has 0 spiro atoms. The monoisotopic (exact) mass is 344 g/mol. The first-order valence-electron chi connectivity index (χ1n) is 6.49. The Hall–Kier alpha value is -2.48. The second-order valence-corrected chi connectivity index (χ2v) is 4.72. The summed E-state index contributed by atoms with van der Waals surface area (Å²) in [6.45, 7) is 1.33. The zero-order valence-electron chi connectivity index (χ0n) is 13.1. The van der Waals surface area contributed by atoms with E-state index >= 15 is 0 Å². The summed E-state index contributed by atoms with van der Waals surface area (Å²) < 4.78 is 15.1. The maximum absolute atomic E-state index is 12.1. The van der Waals surface area contributed by atoms with E-state index in [1.165, 1.54) is 40.3 Å². The molecule has 0 heterocycles. The molecule has 0 aliphatic carbocycles. The van der Waals surface area contributed by atoms with Crippen molar-refractivity contribution in [3.63, 3.8) is 0 Å². The number of carbonyl (C=O) groups excluding carboxylic acids is 3. The maximum Gasteiger partial charge on any atom is 0.339 e. The van der Waals surface area contributed by atoms with E-state index in [4.69, 9.17) is 25.8 Å². The Morgan fingerprint density at radius 2 is 1.83 bits per heavy atom. The standard InChI is InChI=1S/C14H17ClN2O6/c1-7(12(18)17-14(20)16-2)23-13(19)8-5-9(15)11(22-4)10(6-8)21-3/h5-7H,1-4H3,(H2,16,17,18,20). The molecule has 1 rings (SSSR count). The van der Waals surface area contributed by atoms with Crippen LogP contribution < -0.4 is 20.1 Å². The van der Waals surface area contributed by atoms with Gasteiger partial charge in [0, 0.05) is 7.05 Å². The van der Waals surface area contributed by atoms with Crippen molar-refractivity contribution in [2.45, 2.75) is 13.0 Å². The number of benzene rings is 1. The molecule has 0 fully saturated rings. The highest BCUT2D eigenvalue weighted by Gasteiger charge is 2.22. The molecule has 0 bridgehead atoms. The number of rotatable bonds is 5. The number of carbonyl (C=O) groups is 3. The summed E-state index contributed by atoms with van der Waals surface area (Å²) in [6.07, 6.45) is -1.17. The van der Waals surface area contributed by atoms with Gasteiger partial charge in [-0.15, -0.1) is 0 Å². The van der Waals surface area contributed by atoms with Gasteiger partial charge >= 0.3 is 12.0 Å². The van der Waals surface area contributed by atoms with E-state index in [9.17, 15) is 14.4 Å². The van der Waals surface area contributed by atoms with E-state index < -0.39 is 24.0 Å². The van der Waals surface area contributed by atoms with Gasteiger partial charge in [0.25, 0.3) is 5.91 Å². The van der Waals surface area contributed by atoms with Crippen molar-refractivity contribution in [3.8, 4) is 11.5 Å². The number of amides is 3. The molecule has 0 aliphatic heterocycles. The molecule has 0 saturated carbocycles. The van der Waals surface area contributed by atoms with Crippen LogP contribution in [0.5, 0.6) is 11.5 Å². The van der Waals surface area contributed by atoms with Crippen molar-refractivity contribution in [1.82, 2.24) is 10.6 Å². The molecule has 1 unspecified atom stereocenters. The van der Waals surface area contributed by atoms with Crippen LogP contribution in [0.1, 0.15) is 17.3 Å². The Morgan fingerprint density at radius 1 is 1.17 bits per heavy atom. The summed E-state index contributed by atoms with van der Waals surface area (Å²) in [5.74, 6) is -1.04. The lowest BCUT2D eigenvalue weighted by Crippen LogP contribution is -2.43. The fourth-order valence-electron chi connectivity index (χ4n) is 1.59. The lowest BCUT2D eigenvalue weighted by Gasteiger charge is -2.14. The average molecular weight is 345 g/mol. The topological polar surface area (TPSA) is 103 Å². The van der Waals surface area contributed by atoms with Crippen LogP contribution in [0.3, 0.4) is 0 Å². The van der Waals surface area contributed by atoms with E-state index in [0.29, 0.717) is 0 Å². The van der Waals surface area contributed by atoms with Crippen molar-refractivity contribution < 1.29 is 28.6 Å². The molecule has 2 N–H and O–H groups in total. The lowest BCUT2D eigenvalue weighted by atomic mass is 10.2. The quantitative estimate of drug-likeness (QED) is 0.782. The number of urea groups is 1. The molecule has 126 valence electrons.